The molecule has 6 aromatic carbocycles. The summed E-state index contributed by atoms with van der Waals surface area (Å²) in [6.07, 6.45) is -0.0768. The normalized spacial score (nSPS) is 13.7. The average Bonchev–Trinajstić information content (AvgIpc) is 3.53. The number of fused-ring (bicyclic) bond motifs is 1. The fourth-order valence-electron chi connectivity index (χ4n) is 6.06. The zero-order chi connectivity index (χ0) is 30.0. The van der Waals surface area contributed by atoms with Crippen molar-refractivity contribution in [2.24, 2.45) is 0 Å². The monoisotopic (exact) mass is 578 g/mol. The summed E-state index contributed by atoms with van der Waals surface area (Å²) in [5.41, 5.74) is 11.8. The van der Waals surface area contributed by atoms with Gasteiger partial charge in [-0.2, -0.15) is 0 Å². The molecule has 0 saturated heterocycles. The predicted molar refractivity (Wildman–Crippen MR) is 185 cm³/mol. The summed E-state index contributed by atoms with van der Waals surface area (Å²) in [5, 5.41) is 3.76. The van der Waals surface area contributed by atoms with Gasteiger partial charge in [-0.25, -0.2) is 9.97 Å². The van der Waals surface area contributed by atoms with Crippen LogP contribution in [0.15, 0.2) is 170 Å². The molecule has 4 nitrogen and oxygen atoms in total. The first kappa shape index (κ1) is 26.6. The van der Waals surface area contributed by atoms with E-state index in [1.807, 2.05) is 24.3 Å². The van der Waals surface area contributed by atoms with Gasteiger partial charge in [-0.15, -0.1) is 0 Å². The molecule has 2 heterocycles. The van der Waals surface area contributed by atoms with Crippen molar-refractivity contribution in [1.82, 2.24) is 9.97 Å². The standard InChI is InChI=1S/C41H30N4/c1-4-13-29(14-5-1)30-23-25-32(26-24-30)38-28-37(31-15-6-2-7-16-31)42-40(43-38)33-17-12-18-34(27-33)41-44-36-21-10-11-22-39(36)45(41)35-19-8-3-9-20-35/h1-28,41,44H. The minimum Gasteiger partial charge on any atom is -0.359 e. The van der Waals surface area contributed by atoms with Gasteiger partial charge in [0.15, 0.2) is 5.82 Å². The maximum atomic E-state index is 5.14. The Kier molecular flexibility index (Phi) is 6.85. The fraction of sp³-hybridized carbons (Fsp3) is 0.0244. The molecule has 0 amide bonds. The first-order valence-corrected chi connectivity index (χ1v) is 15.2. The highest BCUT2D eigenvalue weighted by Crippen LogP contribution is 2.46. The Balaban J connectivity index is 1.21. The molecule has 1 aliphatic heterocycles. The molecule has 0 spiro atoms. The van der Waals surface area contributed by atoms with Gasteiger partial charge in [0.2, 0.25) is 0 Å². The smallest absolute Gasteiger partial charge is 0.160 e. The largest absolute Gasteiger partial charge is 0.359 e. The Labute approximate surface area is 263 Å². The zero-order valence-corrected chi connectivity index (χ0v) is 24.6. The van der Waals surface area contributed by atoms with E-state index in [1.165, 1.54) is 11.1 Å². The van der Waals surface area contributed by atoms with Crippen molar-refractivity contribution in [3.63, 3.8) is 0 Å². The van der Waals surface area contributed by atoms with Crippen molar-refractivity contribution in [1.29, 1.82) is 0 Å². The Bertz CT molecular complexity index is 2080. The third kappa shape index (κ3) is 5.23. The van der Waals surface area contributed by atoms with Crippen molar-refractivity contribution in [2.75, 3.05) is 10.2 Å². The number of hydrogen-bond donors (Lipinski definition) is 1. The Morgan fingerprint density at radius 2 is 0.978 bits per heavy atom. The molecule has 8 rings (SSSR count). The van der Waals surface area contributed by atoms with Crippen molar-refractivity contribution in [3.05, 3.63) is 175 Å². The highest BCUT2D eigenvalue weighted by molar-refractivity contribution is 5.83. The molecule has 0 bridgehead atoms. The van der Waals surface area contributed by atoms with Gasteiger partial charge >= 0.3 is 0 Å². The second-order valence-corrected chi connectivity index (χ2v) is 11.2. The number of para-hydroxylation sites is 3. The molecule has 1 N–H and O–H groups in total. The van der Waals surface area contributed by atoms with Crippen molar-refractivity contribution in [2.45, 2.75) is 6.17 Å². The van der Waals surface area contributed by atoms with Gasteiger partial charge in [0.05, 0.1) is 22.8 Å². The molecular weight excluding hydrogens is 548 g/mol. The van der Waals surface area contributed by atoms with Crippen LogP contribution in [0.25, 0.3) is 45.0 Å². The molecule has 1 unspecified atom stereocenters. The molecule has 45 heavy (non-hydrogen) atoms. The van der Waals surface area contributed by atoms with Crippen LogP contribution >= 0.6 is 0 Å². The van der Waals surface area contributed by atoms with Crippen LogP contribution in [-0.4, -0.2) is 9.97 Å². The Morgan fingerprint density at radius 3 is 1.69 bits per heavy atom. The van der Waals surface area contributed by atoms with E-state index in [1.54, 1.807) is 0 Å². The van der Waals surface area contributed by atoms with E-state index < -0.39 is 0 Å². The molecule has 4 heteroatoms. The second kappa shape index (κ2) is 11.6. The van der Waals surface area contributed by atoms with Crippen LogP contribution in [0.2, 0.25) is 0 Å². The van der Waals surface area contributed by atoms with Crippen LogP contribution in [0.5, 0.6) is 0 Å². The van der Waals surface area contributed by atoms with Crippen molar-refractivity contribution >= 4 is 17.1 Å². The molecule has 214 valence electrons. The maximum absolute atomic E-state index is 5.14. The van der Waals surface area contributed by atoms with E-state index in [4.69, 9.17) is 9.97 Å². The van der Waals surface area contributed by atoms with Gasteiger partial charge in [0.25, 0.3) is 0 Å². The minimum absolute atomic E-state index is 0.0768. The third-order valence-electron chi connectivity index (χ3n) is 8.29. The van der Waals surface area contributed by atoms with Crippen LogP contribution < -0.4 is 10.2 Å². The molecule has 0 saturated carbocycles. The van der Waals surface area contributed by atoms with Gasteiger partial charge in [0, 0.05) is 22.4 Å². The minimum atomic E-state index is -0.0768. The predicted octanol–water partition coefficient (Wildman–Crippen LogP) is 10.4. The highest BCUT2D eigenvalue weighted by atomic mass is 15.3. The second-order valence-electron chi connectivity index (χ2n) is 11.2. The number of rotatable bonds is 6. The summed E-state index contributed by atoms with van der Waals surface area (Å²) < 4.78 is 0. The summed E-state index contributed by atoms with van der Waals surface area (Å²) in [4.78, 5) is 12.6. The van der Waals surface area contributed by atoms with Crippen LogP contribution in [0.4, 0.5) is 17.1 Å². The van der Waals surface area contributed by atoms with E-state index >= 15 is 0 Å². The molecule has 1 aromatic heterocycles. The van der Waals surface area contributed by atoms with E-state index in [0.29, 0.717) is 5.82 Å². The Morgan fingerprint density at radius 1 is 0.444 bits per heavy atom. The number of hydrogen-bond acceptors (Lipinski definition) is 4. The molecule has 7 aromatic rings. The first-order chi connectivity index (χ1) is 22.3. The van der Waals surface area contributed by atoms with Crippen LogP contribution in [0.3, 0.4) is 0 Å². The van der Waals surface area contributed by atoms with Crippen LogP contribution in [-0.2, 0) is 0 Å². The van der Waals surface area contributed by atoms with E-state index in [9.17, 15) is 0 Å². The van der Waals surface area contributed by atoms with Gasteiger partial charge in [-0.3, -0.25) is 0 Å². The van der Waals surface area contributed by atoms with Gasteiger partial charge < -0.3 is 10.2 Å². The quantitative estimate of drug-likeness (QED) is 0.213. The number of nitrogens with one attached hydrogen (secondary N) is 1. The van der Waals surface area contributed by atoms with Gasteiger partial charge in [-0.1, -0.05) is 133 Å². The topological polar surface area (TPSA) is 41.1 Å². The SMILES string of the molecule is c1ccc(-c2ccc(-c3cc(-c4ccccc4)nc(-c4cccc(C5Nc6ccccc6N5c5ccccc5)c4)n3)cc2)cc1. The lowest BCUT2D eigenvalue weighted by atomic mass is 10.0. The highest BCUT2D eigenvalue weighted by Gasteiger charge is 2.31. The van der Waals surface area contributed by atoms with Crippen molar-refractivity contribution < 1.29 is 0 Å². The first-order valence-electron chi connectivity index (χ1n) is 15.2. The van der Waals surface area contributed by atoms with Crippen molar-refractivity contribution in [3.8, 4) is 45.0 Å². The molecule has 1 atom stereocenters. The lowest BCUT2D eigenvalue weighted by Gasteiger charge is -2.27. The lowest BCUT2D eigenvalue weighted by Crippen LogP contribution is -2.23. The Hall–Kier alpha value is -6.00. The summed E-state index contributed by atoms with van der Waals surface area (Å²) in [6.45, 7) is 0. The van der Waals surface area contributed by atoms with Gasteiger partial charge in [-0.05, 0) is 53.1 Å². The summed E-state index contributed by atoms with van der Waals surface area (Å²) in [6, 6.07) is 59.1. The number of aromatic nitrogens is 2. The zero-order valence-electron chi connectivity index (χ0n) is 24.6. The maximum Gasteiger partial charge on any atom is 0.160 e. The summed E-state index contributed by atoms with van der Waals surface area (Å²) in [5.74, 6) is 0.696. The number of benzene rings is 6. The van der Waals surface area contributed by atoms with E-state index in [-0.39, 0.29) is 6.17 Å². The average molecular weight is 579 g/mol. The van der Waals surface area contributed by atoms with Crippen LogP contribution in [0, 0.1) is 0 Å². The molecule has 0 aliphatic carbocycles. The lowest BCUT2D eigenvalue weighted by molar-refractivity contribution is 0.828. The van der Waals surface area contributed by atoms with E-state index in [0.717, 1.165) is 50.7 Å². The molecule has 0 fully saturated rings. The molecule has 0 radical (unpaired) electrons. The number of anilines is 3. The van der Waals surface area contributed by atoms with Gasteiger partial charge in [0.1, 0.15) is 6.17 Å². The fourth-order valence-corrected chi connectivity index (χ4v) is 6.06. The number of nitrogens with zero attached hydrogens (tertiary/aromatic N) is 3. The summed E-state index contributed by atoms with van der Waals surface area (Å²) >= 11 is 0. The molecular formula is C41H30N4. The van der Waals surface area contributed by atoms with E-state index in [2.05, 4.69) is 156 Å². The van der Waals surface area contributed by atoms with Crippen LogP contribution in [0.1, 0.15) is 11.7 Å². The molecule has 1 aliphatic rings. The summed E-state index contributed by atoms with van der Waals surface area (Å²) in [7, 11) is 0. The third-order valence-corrected chi connectivity index (χ3v) is 8.29.